The topological polar surface area (TPSA) is 122 Å². The molecule has 4 rings (SSSR count). The summed E-state index contributed by atoms with van der Waals surface area (Å²) >= 11 is 0. The first-order valence-corrected chi connectivity index (χ1v) is 8.98. The Morgan fingerprint density at radius 2 is 2.08 bits per heavy atom. The number of fused-ring (bicyclic) bond motifs is 1. The molecule has 0 radical (unpaired) electrons. The van der Waals surface area contributed by atoms with Crippen LogP contribution in [0.1, 0.15) is 30.5 Å². The number of nitrogens with zero attached hydrogens (tertiary/aromatic N) is 4. The summed E-state index contributed by atoms with van der Waals surface area (Å²) in [6, 6.07) is 1.64. The predicted octanol–water partition coefficient (Wildman–Crippen LogP) is 0.0154. The fraction of sp³-hybridized carbons (Fsp3) is 0.529. The van der Waals surface area contributed by atoms with Crippen LogP contribution in [-0.2, 0) is 19.9 Å². The first-order valence-electron chi connectivity index (χ1n) is 8.98. The Bertz CT molecular complexity index is 918. The predicted molar refractivity (Wildman–Crippen MR) is 99.6 cm³/mol. The van der Waals surface area contributed by atoms with Crippen molar-refractivity contribution in [3.63, 3.8) is 0 Å². The Kier molecular flexibility index (Phi) is 4.14. The summed E-state index contributed by atoms with van der Waals surface area (Å²) in [6.45, 7) is 1.44. The van der Waals surface area contributed by atoms with Gasteiger partial charge in [-0.05, 0) is 32.1 Å². The van der Waals surface area contributed by atoms with Crippen LogP contribution in [0.5, 0.6) is 0 Å². The number of hydrogen-bond donors (Lipinski definition) is 3. The van der Waals surface area contributed by atoms with Gasteiger partial charge in [-0.1, -0.05) is 0 Å². The number of nitrogens with one attached hydrogen (secondary N) is 2. The van der Waals surface area contributed by atoms with Crippen molar-refractivity contribution < 1.29 is 0 Å². The van der Waals surface area contributed by atoms with E-state index < -0.39 is 5.69 Å². The van der Waals surface area contributed by atoms with E-state index in [1.165, 1.54) is 18.7 Å². The zero-order chi connectivity index (χ0) is 18.3. The first-order chi connectivity index (χ1) is 12.5. The Morgan fingerprint density at radius 1 is 1.27 bits per heavy atom. The number of nitrogen functional groups attached to an aromatic ring is 1. The summed E-state index contributed by atoms with van der Waals surface area (Å²) in [5.41, 5.74) is 7.39. The summed E-state index contributed by atoms with van der Waals surface area (Å²) in [5.74, 6) is 1.70. The van der Waals surface area contributed by atoms with Crippen molar-refractivity contribution in [3.05, 3.63) is 38.2 Å². The van der Waals surface area contributed by atoms with Gasteiger partial charge in [-0.2, -0.15) is 4.98 Å². The Balaban J connectivity index is 1.53. The summed E-state index contributed by atoms with van der Waals surface area (Å²) in [4.78, 5) is 37.2. The average Bonchev–Trinajstić information content (AvgIpc) is 3.07. The maximum Gasteiger partial charge on any atom is 0.329 e. The Hall–Kier alpha value is -2.84. The summed E-state index contributed by atoms with van der Waals surface area (Å²) in [7, 11) is 1.46. The molecule has 3 heterocycles. The van der Waals surface area contributed by atoms with Crippen molar-refractivity contribution in [2.75, 3.05) is 29.0 Å². The molecule has 0 aromatic carbocycles. The van der Waals surface area contributed by atoms with Gasteiger partial charge in [0.15, 0.2) is 0 Å². The lowest BCUT2D eigenvalue weighted by atomic mass is 9.96. The van der Waals surface area contributed by atoms with Crippen molar-refractivity contribution in [1.29, 1.82) is 0 Å². The second-order valence-corrected chi connectivity index (χ2v) is 7.00. The molecule has 1 aliphatic heterocycles. The molecule has 1 saturated heterocycles. The minimum Gasteiger partial charge on any atom is -0.368 e. The number of nitrogens with two attached hydrogens (primary N) is 1. The van der Waals surface area contributed by atoms with Gasteiger partial charge in [0.1, 0.15) is 11.6 Å². The lowest BCUT2D eigenvalue weighted by Crippen LogP contribution is -2.36. The molecule has 1 aliphatic carbocycles. The molecule has 9 heteroatoms. The van der Waals surface area contributed by atoms with Crippen molar-refractivity contribution >= 4 is 17.6 Å². The summed E-state index contributed by atoms with van der Waals surface area (Å²) < 4.78 is 1.06. The molecule has 2 aliphatic rings. The maximum atomic E-state index is 11.9. The van der Waals surface area contributed by atoms with Crippen molar-refractivity contribution in [2.24, 2.45) is 7.05 Å². The molecule has 1 atom stereocenters. The van der Waals surface area contributed by atoms with Gasteiger partial charge in [-0.3, -0.25) is 14.3 Å². The van der Waals surface area contributed by atoms with E-state index in [-0.39, 0.29) is 11.6 Å². The molecule has 9 nitrogen and oxygen atoms in total. The molecule has 2 aromatic rings. The third-order valence-corrected chi connectivity index (χ3v) is 5.20. The molecular weight excluding hydrogens is 334 g/mol. The zero-order valence-electron chi connectivity index (χ0n) is 14.8. The van der Waals surface area contributed by atoms with Crippen molar-refractivity contribution in [3.8, 4) is 0 Å². The lowest BCUT2D eigenvalue weighted by Gasteiger charge is -2.22. The maximum absolute atomic E-state index is 11.9. The highest BCUT2D eigenvalue weighted by molar-refractivity contribution is 5.52. The highest BCUT2D eigenvalue weighted by atomic mass is 16.2. The quantitative estimate of drug-likeness (QED) is 0.707. The molecule has 1 fully saturated rings. The van der Waals surface area contributed by atoms with E-state index in [4.69, 9.17) is 5.73 Å². The largest absolute Gasteiger partial charge is 0.368 e. The van der Waals surface area contributed by atoms with Gasteiger partial charge in [0.05, 0.1) is 5.69 Å². The molecule has 2 aromatic heterocycles. The van der Waals surface area contributed by atoms with Crippen LogP contribution in [0.4, 0.5) is 17.6 Å². The Labute approximate surface area is 150 Å². The zero-order valence-corrected chi connectivity index (χ0v) is 14.8. The van der Waals surface area contributed by atoms with Gasteiger partial charge in [-0.25, -0.2) is 9.78 Å². The molecule has 138 valence electrons. The van der Waals surface area contributed by atoms with E-state index in [0.717, 1.165) is 54.7 Å². The Morgan fingerprint density at radius 3 is 2.88 bits per heavy atom. The molecule has 0 unspecified atom stereocenters. The number of aromatic amines is 1. The molecule has 0 bridgehead atoms. The van der Waals surface area contributed by atoms with Crippen LogP contribution in [0.3, 0.4) is 0 Å². The van der Waals surface area contributed by atoms with Gasteiger partial charge in [0.25, 0.3) is 5.56 Å². The average molecular weight is 357 g/mol. The second kappa shape index (κ2) is 6.47. The second-order valence-electron chi connectivity index (χ2n) is 7.00. The van der Waals surface area contributed by atoms with Crippen LogP contribution in [0, 0.1) is 0 Å². The van der Waals surface area contributed by atoms with Crippen LogP contribution >= 0.6 is 0 Å². The standard InChI is InChI=1S/C17H23N7O2/c1-23-14(25)8-13(21-17(23)26)24-7-6-10(9-24)19-15-11-4-2-3-5-12(11)20-16(18)22-15/h8,10H,2-7,9H2,1H3,(H,21,26)(H3,18,19,20,22)/t10-/m1/s1. The fourth-order valence-corrected chi connectivity index (χ4v) is 3.74. The van der Waals surface area contributed by atoms with Gasteiger partial charge < -0.3 is 16.0 Å². The molecule has 0 saturated carbocycles. The molecule has 26 heavy (non-hydrogen) atoms. The van der Waals surface area contributed by atoms with Gasteiger partial charge in [0, 0.05) is 37.8 Å². The van der Waals surface area contributed by atoms with E-state index in [1.54, 1.807) is 0 Å². The van der Waals surface area contributed by atoms with Crippen LogP contribution in [0.2, 0.25) is 0 Å². The van der Waals surface area contributed by atoms with Crippen molar-refractivity contribution in [2.45, 2.75) is 38.1 Å². The number of aromatic nitrogens is 4. The lowest BCUT2D eigenvalue weighted by molar-refractivity contribution is 0.662. The van der Waals surface area contributed by atoms with Crippen molar-refractivity contribution in [1.82, 2.24) is 19.5 Å². The number of rotatable bonds is 3. The monoisotopic (exact) mass is 357 g/mol. The number of hydrogen-bond acceptors (Lipinski definition) is 7. The third-order valence-electron chi connectivity index (χ3n) is 5.20. The SMILES string of the molecule is Cn1c(=O)cc(N2CC[C@@H](Nc3nc(N)nc4c3CCCC4)C2)[nH]c1=O. The molecule has 0 amide bonds. The van der Waals surface area contributed by atoms with Crippen LogP contribution < -0.4 is 27.2 Å². The van der Waals surface area contributed by atoms with Gasteiger partial charge in [0.2, 0.25) is 5.95 Å². The smallest absolute Gasteiger partial charge is 0.329 e. The van der Waals surface area contributed by atoms with Gasteiger partial charge >= 0.3 is 5.69 Å². The van der Waals surface area contributed by atoms with Crippen LogP contribution in [-0.4, -0.2) is 38.7 Å². The third kappa shape index (κ3) is 3.04. The van der Waals surface area contributed by atoms with Crippen LogP contribution in [0.15, 0.2) is 15.7 Å². The van der Waals surface area contributed by atoms with E-state index in [9.17, 15) is 9.59 Å². The minimum atomic E-state index is -0.401. The first kappa shape index (κ1) is 16.6. The highest BCUT2D eigenvalue weighted by Gasteiger charge is 2.26. The van der Waals surface area contributed by atoms with Gasteiger partial charge in [-0.15, -0.1) is 0 Å². The van der Waals surface area contributed by atoms with E-state index in [1.807, 2.05) is 4.90 Å². The number of H-pyrrole nitrogens is 1. The number of aryl methyl sites for hydroxylation is 1. The van der Waals surface area contributed by atoms with E-state index in [2.05, 4.69) is 20.3 Å². The highest BCUT2D eigenvalue weighted by Crippen LogP contribution is 2.28. The normalized spacial score (nSPS) is 19.4. The molecular formula is C17H23N7O2. The van der Waals surface area contributed by atoms with E-state index >= 15 is 0 Å². The van der Waals surface area contributed by atoms with Crippen LogP contribution in [0.25, 0.3) is 0 Å². The number of anilines is 3. The summed E-state index contributed by atoms with van der Waals surface area (Å²) in [6.07, 6.45) is 5.07. The van der Waals surface area contributed by atoms with E-state index in [0.29, 0.717) is 18.3 Å². The summed E-state index contributed by atoms with van der Waals surface area (Å²) in [5, 5.41) is 3.50. The fourth-order valence-electron chi connectivity index (χ4n) is 3.74. The minimum absolute atomic E-state index is 0.169. The molecule has 4 N–H and O–H groups in total. The molecule has 0 spiro atoms.